The molecule has 0 spiro atoms. The fourth-order valence-electron chi connectivity index (χ4n) is 3.30. The van der Waals surface area contributed by atoms with Crippen molar-refractivity contribution in [3.63, 3.8) is 0 Å². The molecule has 0 N–H and O–H groups in total. The molecule has 0 bridgehead atoms. The van der Waals surface area contributed by atoms with Crippen molar-refractivity contribution in [3.8, 4) is 11.3 Å². The van der Waals surface area contributed by atoms with Gasteiger partial charge in [-0.25, -0.2) is 18.7 Å². The number of hydrogen-bond donors (Lipinski definition) is 0. The number of ether oxygens (including phenoxy) is 1. The summed E-state index contributed by atoms with van der Waals surface area (Å²) in [6, 6.07) is 10.2. The van der Waals surface area contributed by atoms with Gasteiger partial charge in [-0.3, -0.25) is 0 Å². The molecule has 1 aromatic carbocycles. The second-order valence-corrected chi connectivity index (χ2v) is 9.20. The number of carbonyl (C=O) groups is 1. The number of nitrogens with zero attached hydrogens (tertiary/aromatic N) is 5. The van der Waals surface area contributed by atoms with E-state index in [2.05, 4.69) is 32.5 Å². The molecule has 1 aliphatic heterocycles. The van der Waals surface area contributed by atoms with E-state index in [0.717, 1.165) is 26.4 Å². The van der Waals surface area contributed by atoms with E-state index in [4.69, 9.17) is 9.84 Å². The topological polar surface area (TPSA) is 63.0 Å². The third-order valence-corrected chi connectivity index (χ3v) is 5.75. The SMILES string of the molecule is CC(C)(C)OC(=O)N1CCN(c2ccc3nc(-c4ccc(F)cc4)c(I)n3n2)CC1. The molecular weight excluding hydrogens is 500 g/mol. The third-order valence-electron chi connectivity index (χ3n) is 4.78. The lowest BCUT2D eigenvalue weighted by Gasteiger charge is -2.36. The number of hydrogen-bond acceptors (Lipinski definition) is 5. The molecule has 0 radical (unpaired) electrons. The van der Waals surface area contributed by atoms with Crippen LogP contribution in [0.5, 0.6) is 0 Å². The number of carbonyl (C=O) groups excluding carboxylic acids is 1. The monoisotopic (exact) mass is 523 g/mol. The minimum Gasteiger partial charge on any atom is -0.444 e. The molecule has 1 amide bonds. The maximum Gasteiger partial charge on any atom is 0.410 e. The van der Waals surface area contributed by atoms with Gasteiger partial charge in [0.15, 0.2) is 5.65 Å². The fourth-order valence-corrected chi connectivity index (χ4v) is 4.09. The second-order valence-electron chi connectivity index (χ2n) is 8.17. The molecule has 0 unspecified atom stereocenters. The quantitative estimate of drug-likeness (QED) is 0.472. The highest BCUT2D eigenvalue weighted by Gasteiger charge is 2.26. The van der Waals surface area contributed by atoms with Crippen LogP contribution in [0.25, 0.3) is 16.9 Å². The van der Waals surface area contributed by atoms with Crippen LogP contribution in [-0.4, -0.2) is 57.4 Å². The molecule has 30 heavy (non-hydrogen) atoms. The molecule has 158 valence electrons. The number of benzene rings is 1. The van der Waals surface area contributed by atoms with Gasteiger partial charge in [0.25, 0.3) is 0 Å². The Labute approximate surface area is 188 Å². The zero-order chi connectivity index (χ0) is 21.5. The van der Waals surface area contributed by atoms with Crippen molar-refractivity contribution < 1.29 is 13.9 Å². The Morgan fingerprint density at radius 1 is 1.07 bits per heavy atom. The number of imidazole rings is 1. The lowest BCUT2D eigenvalue weighted by Crippen LogP contribution is -2.50. The first-order valence-corrected chi connectivity index (χ1v) is 10.8. The van der Waals surface area contributed by atoms with Gasteiger partial charge in [-0.2, -0.15) is 0 Å². The molecule has 0 atom stereocenters. The molecule has 9 heteroatoms. The van der Waals surface area contributed by atoms with Crippen LogP contribution >= 0.6 is 22.6 Å². The summed E-state index contributed by atoms with van der Waals surface area (Å²) in [6.07, 6.45) is -0.279. The Balaban J connectivity index is 1.51. The Morgan fingerprint density at radius 3 is 2.37 bits per heavy atom. The van der Waals surface area contributed by atoms with Crippen molar-refractivity contribution in [2.24, 2.45) is 0 Å². The predicted molar refractivity (Wildman–Crippen MR) is 121 cm³/mol. The van der Waals surface area contributed by atoms with Gasteiger partial charge in [0.05, 0.1) is 0 Å². The van der Waals surface area contributed by atoms with E-state index >= 15 is 0 Å². The zero-order valence-corrected chi connectivity index (χ0v) is 19.3. The summed E-state index contributed by atoms with van der Waals surface area (Å²) in [5.74, 6) is 0.552. The minimum atomic E-state index is -0.499. The Morgan fingerprint density at radius 2 is 1.73 bits per heavy atom. The molecule has 3 heterocycles. The predicted octanol–water partition coefficient (Wildman–Crippen LogP) is 4.20. The van der Waals surface area contributed by atoms with Crippen molar-refractivity contribution in [1.82, 2.24) is 19.5 Å². The van der Waals surface area contributed by atoms with Crippen molar-refractivity contribution in [1.29, 1.82) is 0 Å². The van der Waals surface area contributed by atoms with Gasteiger partial charge >= 0.3 is 6.09 Å². The Kier molecular flexibility index (Phi) is 5.56. The Bertz CT molecular complexity index is 1070. The van der Waals surface area contributed by atoms with Crippen molar-refractivity contribution in [2.75, 3.05) is 31.1 Å². The highest BCUT2D eigenvalue weighted by molar-refractivity contribution is 14.1. The molecule has 0 saturated carbocycles. The summed E-state index contributed by atoms with van der Waals surface area (Å²) in [5.41, 5.74) is 1.85. The van der Waals surface area contributed by atoms with Gasteiger partial charge in [-0.05, 0) is 79.8 Å². The first-order chi connectivity index (χ1) is 14.2. The Hall–Kier alpha value is -2.43. The van der Waals surface area contributed by atoms with Gasteiger partial charge in [-0.15, -0.1) is 5.10 Å². The van der Waals surface area contributed by atoms with Crippen molar-refractivity contribution in [3.05, 3.63) is 45.9 Å². The van der Waals surface area contributed by atoms with E-state index in [1.807, 2.05) is 32.9 Å². The van der Waals surface area contributed by atoms with Crippen LogP contribution in [0.1, 0.15) is 20.8 Å². The minimum absolute atomic E-state index is 0.275. The van der Waals surface area contributed by atoms with E-state index in [0.29, 0.717) is 26.2 Å². The standard InChI is InChI=1S/C21H23FIN5O2/c1-21(2,3)30-20(29)27-12-10-26(11-13-27)17-9-8-16-24-18(19(23)28(16)25-17)14-4-6-15(22)7-5-14/h4-9H,10-13H2,1-3H3. The number of aromatic nitrogens is 3. The maximum absolute atomic E-state index is 13.2. The van der Waals surface area contributed by atoms with Gasteiger partial charge in [0, 0.05) is 31.7 Å². The number of rotatable bonds is 2. The first kappa shape index (κ1) is 20.8. The first-order valence-electron chi connectivity index (χ1n) is 9.75. The van der Waals surface area contributed by atoms with E-state index in [9.17, 15) is 9.18 Å². The number of amides is 1. The normalized spacial score (nSPS) is 15.0. The summed E-state index contributed by atoms with van der Waals surface area (Å²) < 4.78 is 21.4. The zero-order valence-electron chi connectivity index (χ0n) is 17.1. The summed E-state index contributed by atoms with van der Waals surface area (Å²) in [5, 5.41) is 4.76. The lowest BCUT2D eigenvalue weighted by molar-refractivity contribution is 0.0240. The molecule has 1 fully saturated rings. The van der Waals surface area contributed by atoms with E-state index < -0.39 is 5.60 Å². The van der Waals surface area contributed by atoms with Crippen LogP contribution in [-0.2, 0) is 4.74 Å². The van der Waals surface area contributed by atoms with Gasteiger partial charge in [-0.1, -0.05) is 0 Å². The van der Waals surface area contributed by atoms with Crippen LogP contribution in [0.3, 0.4) is 0 Å². The van der Waals surface area contributed by atoms with Gasteiger partial charge in [0.1, 0.15) is 26.6 Å². The van der Waals surface area contributed by atoms with E-state index in [1.54, 1.807) is 21.5 Å². The number of halogens is 2. The van der Waals surface area contributed by atoms with Crippen molar-refractivity contribution in [2.45, 2.75) is 26.4 Å². The molecule has 0 aliphatic carbocycles. The smallest absolute Gasteiger partial charge is 0.410 e. The van der Waals surface area contributed by atoms with E-state index in [-0.39, 0.29) is 11.9 Å². The summed E-state index contributed by atoms with van der Waals surface area (Å²) in [4.78, 5) is 20.8. The molecule has 7 nitrogen and oxygen atoms in total. The highest BCUT2D eigenvalue weighted by atomic mass is 127. The van der Waals surface area contributed by atoms with Gasteiger partial charge < -0.3 is 14.5 Å². The van der Waals surface area contributed by atoms with Crippen molar-refractivity contribution >= 4 is 40.1 Å². The molecular formula is C21H23FIN5O2. The molecule has 4 rings (SSSR count). The number of piperazine rings is 1. The fraction of sp³-hybridized carbons (Fsp3) is 0.381. The van der Waals surface area contributed by atoms with Crippen LogP contribution < -0.4 is 4.90 Å². The number of anilines is 1. The summed E-state index contributed by atoms with van der Waals surface area (Å²) in [7, 11) is 0. The molecule has 1 saturated heterocycles. The van der Waals surface area contributed by atoms with E-state index in [1.165, 1.54) is 12.1 Å². The van der Waals surface area contributed by atoms with Crippen LogP contribution in [0.4, 0.5) is 15.0 Å². The average molecular weight is 523 g/mol. The summed E-state index contributed by atoms with van der Waals surface area (Å²) in [6.45, 7) is 8.11. The second kappa shape index (κ2) is 8.01. The lowest BCUT2D eigenvalue weighted by atomic mass is 10.2. The van der Waals surface area contributed by atoms with Crippen LogP contribution in [0.2, 0.25) is 0 Å². The summed E-state index contributed by atoms with van der Waals surface area (Å²) >= 11 is 2.21. The third kappa shape index (κ3) is 4.35. The van der Waals surface area contributed by atoms with Crippen LogP contribution in [0.15, 0.2) is 36.4 Å². The maximum atomic E-state index is 13.2. The van der Waals surface area contributed by atoms with Crippen LogP contribution in [0, 0.1) is 9.52 Å². The largest absolute Gasteiger partial charge is 0.444 e. The molecule has 2 aromatic heterocycles. The van der Waals surface area contributed by atoms with Gasteiger partial charge in [0.2, 0.25) is 0 Å². The molecule has 3 aromatic rings. The number of fused-ring (bicyclic) bond motifs is 1. The molecule has 1 aliphatic rings. The average Bonchev–Trinajstić information content (AvgIpc) is 3.03. The highest BCUT2D eigenvalue weighted by Crippen LogP contribution is 2.26.